The van der Waals surface area contributed by atoms with Gasteiger partial charge in [-0.05, 0) is 6.92 Å². The molecular formula is C13H16ClN5O. The third-order valence-corrected chi connectivity index (χ3v) is 4.14. The summed E-state index contributed by atoms with van der Waals surface area (Å²) < 4.78 is 1.69. The molecule has 1 unspecified atom stereocenters. The number of likely N-dealkylation sites (N-methyl/N-ethyl adjacent to an activating group) is 1. The minimum absolute atomic E-state index is 0.0896. The summed E-state index contributed by atoms with van der Waals surface area (Å²) in [6.45, 7) is 3.09. The summed E-state index contributed by atoms with van der Waals surface area (Å²) in [4.78, 5) is 20.3. The molecule has 0 saturated carbocycles. The second-order valence-electron chi connectivity index (χ2n) is 5.20. The Bertz CT molecular complexity index is 683. The van der Waals surface area contributed by atoms with Crippen LogP contribution in [0.3, 0.4) is 0 Å². The van der Waals surface area contributed by atoms with Crippen LogP contribution in [0.5, 0.6) is 0 Å². The summed E-state index contributed by atoms with van der Waals surface area (Å²) >= 11 is 6.28. The number of nitrogens with zero attached hydrogens (tertiary/aromatic N) is 5. The lowest BCUT2D eigenvalue weighted by Gasteiger charge is -2.37. The largest absolute Gasteiger partial charge is 0.345 e. The quantitative estimate of drug-likeness (QED) is 0.795. The minimum Gasteiger partial charge on any atom is -0.345 e. The van der Waals surface area contributed by atoms with Crippen molar-refractivity contribution < 1.29 is 4.79 Å². The van der Waals surface area contributed by atoms with E-state index in [1.54, 1.807) is 21.8 Å². The Hall–Kier alpha value is -1.82. The molecule has 0 bridgehead atoms. The highest BCUT2D eigenvalue weighted by molar-refractivity contribution is 6.35. The molecule has 1 amide bonds. The fraction of sp³-hybridized carbons (Fsp3) is 0.462. The van der Waals surface area contributed by atoms with Gasteiger partial charge in [0.25, 0.3) is 0 Å². The van der Waals surface area contributed by atoms with Crippen LogP contribution in [-0.2, 0) is 11.8 Å². The van der Waals surface area contributed by atoms with E-state index >= 15 is 0 Å². The number of carbonyl (C=O) groups is 1. The van der Waals surface area contributed by atoms with Crippen molar-refractivity contribution in [1.82, 2.24) is 19.7 Å². The number of carbonyl (C=O) groups excluding carboxylic acids is 1. The molecule has 1 aliphatic rings. The molecule has 0 radical (unpaired) electrons. The number of halogens is 1. The molecule has 2 aromatic rings. The third-order valence-electron chi connectivity index (χ3n) is 3.83. The van der Waals surface area contributed by atoms with Crippen LogP contribution >= 0.6 is 11.6 Å². The molecule has 0 N–H and O–H groups in total. The number of fused-ring (bicyclic) bond motifs is 1. The number of amides is 1. The second-order valence-corrected chi connectivity index (χ2v) is 5.61. The van der Waals surface area contributed by atoms with Crippen molar-refractivity contribution in [2.45, 2.75) is 13.0 Å². The van der Waals surface area contributed by atoms with E-state index in [0.717, 1.165) is 23.4 Å². The van der Waals surface area contributed by atoms with Crippen LogP contribution in [0.15, 0.2) is 12.3 Å². The Kier molecular flexibility index (Phi) is 3.05. The molecule has 1 saturated heterocycles. The Balaban J connectivity index is 2.02. The first kappa shape index (κ1) is 13.2. The zero-order chi connectivity index (χ0) is 14.4. The molecule has 1 aliphatic heterocycles. The molecule has 0 spiro atoms. The van der Waals surface area contributed by atoms with Gasteiger partial charge in [-0.25, -0.2) is 4.98 Å². The first-order valence-electron chi connectivity index (χ1n) is 6.46. The van der Waals surface area contributed by atoms with Gasteiger partial charge in [-0.2, -0.15) is 5.10 Å². The topological polar surface area (TPSA) is 54.3 Å². The predicted molar refractivity (Wildman–Crippen MR) is 78.0 cm³/mol. The van der Waals surface area contributed by atoms with Crippen LogP contribution in [0.4, 0.5) is 5.82 Å². The summed E-state index contributed by atoms with van der Waals surface area (Å²) in [7, 11) is 3.66. The van der Waals surface area contributed by atoms with Gasteiger partial charge in [0.2, 0.25) is 5.91 Å². The van der Waals surface area contributed by atoms with Gasteiger partial charge in [-0.15, -0.1) is 0 Å². The Morgan fingerprint density at radius 3 is 2.85 bits per heavy atom. The van der Waals surface area contributed by atoms with Crippen LogP contribution in [0.25, 0.3) is 11.0 Å². The monoisotopic (exact) mass is 293 g/mol. The van der Waals surface area contributed by atoms with E-state index in [2.05, 4.69) is 10.1 Å². The van der Waals surface area contributed by atoms with Gasteiger partial charge in [0, 0.05) is 32.7 Å². The molecule has 20 heavy (non-hydrogen) atoms. The molecule has 106 valence electrons. The smallest absolute Gasteiger partial charge is 0.242 e. The molecule has 0 aromatic carbocycles. The van der Waals surface area contributed by atoms with E-state index in [4.69, 9.17) is 11.6 Å². The van der Waals surface area contributed by atoms with Gasteiger partial charge in [0.15, 0.2) is 5.65 Å². The zero-order valence-corrected chi connectivity index (χ0v) is 12.4. The van der Waals surface area contributed by atoms with E-state index in [-0.39, 0.29) is 11.9 Å². The molecule has 7 heteroatoms. The van der Waals surface area contributed by atoms with E-state index < -0.39 is 0 Å². The molecule has 1 atom stereocenters. The highest BCUT2D eigenvalue weighted by Crippen LogP contribution is 2.27. The average Bonchev–Trinajstić information content (AvgIpc) is 2.78. The molecule has 1 fully saturated rings. The average molecular weight is 294 g/mol. The van der Waals surface area contributed by atoms with Gasteiger partial charge in [0.1, 0.15) is 5.82 Å². The normalized spacial score (nSPS) is 20.0. The number of aryl methyl sites for hydroxylation is 1. The zero-order valence-electron chi connectivity index (χ0n) is 11.7. The van der Waals surface area contributed by atoms with Crippen molar-refractivity contribution in [1.29, 1.82) is 0 Å². The fourth-order valence-electron chi connectivity index (χ4n) is 2.43. The van der Waals surface area contributed by atoms with Crippen molar-refractivity contribution in [2.24, 2.45) is 7.05 Å². The number of aromatic nitrogens is 3. The molecular weight excluding hydrogens is 278 g/mol. The van der Waals surface area contributed by atoms with E-state index in [0.29, 0.717) is 11.6 Å². The van der Waals surface area contributed by atoms with Gasteiger partial charge in [0.05, 0.1) is 23.2 Å². The molecule has 6 nitrogen and oxygen atoms in total. The van der Waals surface area contributed by atoms with Gasteiger partial charge >= 0.3 is 0 Å². The SMILES string of the molecule is CC1CN(c2cc(Cl)c3cnn(C)c3n2)CC(=O)N1C. The van der Waals surface area contributed by atoms with Crippen molar-refractivity contribution in [3.8, 4) is 0 Å². The first-order chi connectivity index (χ1) is 9.47. The molecule has 0 aliphatic carbocycles. The van der Waals surface area contributed by atoms with Crippen LogP contribution in [0.2, 0.25) is 5.02 Å². The second kappa shape index (κ2) is 4.63. The summed E-state index contributed by atoms with van der Waals surface area (Å²) in [5.41, 5.74) is 0.728. The molecule has 3 rings (SSSR count). The number of hydrogen-bond donors (Lipinski definition) is 0. The lowest BCUT2D eigenvalue weighted by atomic mass is 10.2. The lowest BCUT2D eigenvalue weighted by Crippen LogP contribution is -2.53. The number of hydrogen-bond acceptors (Lipinski definition) is 4. The maximum atomic E-state index is 12.0. The van der Waals surface area contributed by atoms with E-state index in [1.165, 1.54) is 0 Å². The van der Waals surface area contributed by atoms with Crippen molar-refractivity contribution in [2.75, 3.05) is 25.0 Å². The van der Waals surface area contributed by atoms with Crippen LogP contribution in [-0.4, -0.2) is 51.8 Å². The Morgan fingerprint density at radius 1 is 1.40 bits per heavy atom. The summed E-state index contributed by atoms with van der Waals surface area (Å²) in [6, 6.07) is 1.95. The Morgan fingerprint density at radius 2 is 2.15 bits per heavy atom. The van der Waals surface area contributed by atoms with Crippen molar-refractivity contribution in [3.63, 3.8) is 0 Å². The summed E-state index contributed by atoms with van der Waals surface area (Å²) in [5, 5.41) is 5.59. The van der Waals surface area contributed by atoms with E-state index in [1.807, 2.05) is 25.9 Å². The van der Waals surface area contributed by atoms with Gasteiger partial charge < -0.3 is 9.80 Å². The molecule has 2 aromatic heterocycles. The lowest BCUT2D eigenvalue weighted by molar-refractivity contribution is -0.131. The van der Waals surface area contributed by atoms with Crippen molar-refractivity contribution in [3.05, 3.63) is 17.3 Å². The number of pyridine rings is 1. The summed E-state index contributed by atoms with van der Waals surface area (Å²) in [5.74, 6) is 0.811. The maximum Gasteiger partial charge on any atom is 0.242 e. The number of piperazine rings is 1. The maximum absolute atomic E-state index is 12.0. The fourth-order valence-corrected chi connectivity index (χ4v) is 2.66. The van der Waals surface area contributed by atoms with Crippen LogP contribution in [0, 0.1) is 0 Å². The predicted octanol–water partition coefficient (Wildman–Crippen LogP) is 1.29. The minimum atomic E-state index is 0.0896. The van der Waals surface area contributed by atoms with Crippen LogP contribution < -0.4 is 4.90 Å². The van der Waals surface area contributed by atoms with Gasteiger partial charge in [-0.3, -0.25) is 9.48 Å². The summed E-state index contributed by atoms with van der Waals surface area (Å²) in [6.07, 6.45) is 1.70. The first-order valence-corrected chi connectivity index (χ1v) is 6.84. The van der Waals surface area contributed by atoms with Crippen LogP contribution in [0.1, 0.15) is 6.92 Å². The Labute approximate surface area is 121 Å². The highest BCUT2D eigenvalue weighted by atomic mass is 35.5. The third kappa shape index (κ3) is 2.00. The highest BCUT2D eigenvalue weighted by Gasteiger charge is 2.28. The number of rotatable bonds is 1. The molecule has 3 heterocycles. The van der Waals surface area contributed by atoms with E-state index in [9.17, 15) is 4.79 Å². The standard InChI is InChI=1S/C13H16ClN5O/c1-8-6-19(7-12(20)17(8)2)11-4-10(14)9-5-15-18(3)13(9)16-11/h4-5,8H,6-7H2,1-3H3. The number of anilines is 1. The van der Waals surface area contributed by atoms with Crippen molar-refractivity contribution >= 4 is 34.4 Å². The van der Waals surface area contributed by atoms with Gasteiger partial charge in [-0.1, -0.05) is 11.6 Å².